The monoisotopic (exact) mass is 291 g/mol. The van der Waals surface area contributed by atoms with E-state index in [-0.39, 0.29) is 0 Å². The molecule has 1 aromatic carbocycles. The van der Waals surface area contributed by atoms with Crippen molar-refractivity contribution >= 4 is 0 Å². The third-order valence-corrected chi connectivity index (χ3v) is 4.42. The van der Waals surface area contributed by atoms with Crippen LogP contribution >= 0.6 is 0 Å². The van der Waals surface area contributed by atoms with Gasteiger partial charge in [-0.3, -0.25) is 0 Å². The highest BCUT2D eigenvalue weighted by Gasteiger charge is 2.23. The topological polar surface area (TPSA) is 30.5 Å². The lowest BCUT2D eigenvalue weighted by Crippen LogP contribution is -2.35. The van der Waals surface area contributed by atoms with E-state index in [9.17, 15) is 0 Å². The molecule has 0 bridgehead atoms. The lowest BCUT2D eigenvalue weighted by Gasteiger charge is -2.24. The molecule has 1 aliphatic carbocycles. The van der Waals surface area contributed by atoms with Crippen LogP contribution in [0.5, 0.6) is 11.5 Å². The van der Waals surface area contributed by atoms with Crippen LogP contribution in [-0.4, -0.2) is 26.3 Å². The van der Waals surface area contributed by atoms with E-state index < -0.39 is 0 Å². The highest BCUT2D eigenvalue weighted by molar-refractivity contribution is 5.31. The molecule has 1 N–H and O–H groups in total. The van der Waals surface area contributed by atoms with Gasteiger partial charge in [0.1, 0.15) is 11.5 Å². The zero-order chi connectivity index (χ0) is 14.9. The van der Waals surface area contributed by atoms with Crippen LogP contribution in [0.1, 0.15) is 45.4 Å². The highest BCUT2D eigenvalue weighted by atomic mass is 16.5. The molecule has 0 saturated heterocycles. The minimum atomic E-state index is 0.678. The minimum Gasteiger partial charge on any atom is -0.497 e. The van der Waals surface area contributed by atoms with Crippen LogP contribution in [0.15, 0.2) is 24.3 Å². The maximum Gasteiger partial charge on any atom is 0.119 e. The van der Waals surface area contributed by atoms with Crippen molar-refractivity contribution in [1.29, 1.82) is 0 Å². The van der Waals surface area contributed by atoms with E-state index in [1.165, 1.54) is 32.1 Å². The van der Waals surface area contributed by atoms with Crippen molar-refractivity contribution in [3.63, 3.8) is 0 Å². The summed E-state index contributed by atoms with van der Waals surface area (Å²) in [5, 5.41) is 3.67. The smallest absolute Gasteiger partial charge is 0.119 e. The second kappa shape index (κ2) is 8.93. The molecule has 2 rings (SSSR count). The number of nitrogens with one attached hydrogen (secondary N) is 1. The molecule has 1 saturated carbocycles. The Labute approximate surface area is 129 Å². The van der Waals surface area contributed by atoms with Gasteiger partial charge in [-0.2, -0.15) is 0 Å². The largest absolute Gasteiger partial charge is 0.497 e. The van der Waals surface area contributed by atoms with E-state index in [1.54, 1.807) is 7.11 Å². The predicted octanol–water partition coefficient (Wildman–Crippen LogP) is 4.02. The Morgan fingerprint density at radius 2 is 1.81 bits per heavy atom. The van der Waals surface area contributed by atoms with E-state index in [4.69, 9.17) is 9.47 Å². The zero-order valence-electron chi connectivity index (χ0n) is 13.4. The number of methoxy groups -OCH3 is 1. The van der Waals surface area contributed by atoms with Gasteiger partial charge in [0, 0.05) is 6.04 Å². The van der Waals surface area contributed by atoms with E-state index in [0.717, 1.165) is 37.0 Å². The van der Waals surface area contributed by atoms with Gasteiger partial charge in [0.25, 0.3) is 0 Å². The summed E-state index contributed by atoms with van der Waals surface area (Å²) in [4.78, 5) is 0. The van der Waals surface area contributed by atoms with Crippen LogP contribution in [0.3, 0.4) is 0 Å². The minimum absolute atomic E-state index is 0.678. The summed E-state index contributed by atoms with van der Waals surface area (Å²) in [5.41, 5.74) is 0. The summed E-state index contributed by atoms with van der Waals surface area (Å²) in [5.74, 6) is 2.68. The Balaban J connectivity index is 1.68. The van der Waals surface area contributed by atoms with Gasteiger partial charge in [0.15, 0.2) is 0 Å². The van der Waals surface area contributed by atoms with Gasteiger partial charge < -0.3 is 14.8 Å². The molecule has 0 aliphatic heterocycles. The van der Waals surface area contributed by atoms with Gasteiger partial charge in [0.2, 0.25) is 0 Å². The summed E-state index contributed by atoms with van der Waals surface area (Å²) >= 11 is 0. The van der Waals surface area contributed by atoms with Crippen molar-refractivity contribution in [1.82, 2.24) is 5.32 Å². The van der Waals surface area contributed by atoms with Crippen molar-refractivity contribution in [3.8, 4) is 11.5 Å². The maximum absolute atomic E-state index is 5.81. The summed E-state index contributed by atoms with van der Waals surface area (Å²) < 4.78 is 11.0. The fourth-order valence-corrected chi connectivity index (χ4v) is 3.29. The van der Waals surface area contributed by atoms with E-state index in [0.29, 0.717) is 6.04 Å². The van der Waals surface area contributed by atoms with E-state index in [1.807, 2.05) is 24.3 Å². The number of ether oxygens (including phenoxy) is 2. The summed E-state index contributed by atoms with van der Waals surface area (Å²) in [7, 11) is 1.68. The number of rotatable bonds is 9. The standard InChI is InChI=1S/C18H29NO2/c1-3-19-18(15-7-4-5-8-15)9-6-14-21-17-12-10-16(20-2)11-13-17/h10-13,15,18-19H,3-9,14H2,1-2H3. The predicted molar refractivity (Wildman–Crippen MR) is 87.1 cm³/mol. The van der Waals surface area contributed by atoms with Crippen molar-refractivity contribution in [2.24, 2.45) is 5.92 Å². The Hall–Kier alpha value is -1.22. The van der Waals surface area contributed by atoms with Crippen LogP contribution in [0.25, 0.3) is 0 Å². The van der Waals surface area contributed by atoms with Crippen LogP contribution in [0, 0.1) is 5.92 Å². The molecule has 0 amide bonds. The first-order valence-corrected chi connectivity index (χ1v) is 8.33. The molecule has 3 heteroatoms. The van der Waals surface area contributed by atoms with Gasteiger partial charge in [-0.1, -0.05) is 19.8 Å². The third kappa shape index (κ3) is 5.24. The molecule has 3 nitrogen and oxygen atoms in total. The Morgan fingerprint density at radius 3 is 2.43 bits per heavy atom. The lowest BCUT2D eigenvalue weighted by atomic mass is 9.94. The first-order valence-electron chi connectivity index (χ1n) is 8.33. The van der Waals surface area contributed by atoms with Gasteiger partial charge in [0.05, 0.1) is 13.7 Å². The average Bonchev–Trinajstić information content (AvgIpc) is 3.05. The molecule has 1 unspecified atom stereocenters. The second-order valence-electron chi connectivity index (χ2n) is 5.87. The van der Waals surface area contributed by atoms with Crippen LogP contribution in [-0.2, 0) is 0 Å². The van der Waals surface area contributed by atoms with Crippen LogP contribution < -0.4 is 14.8 Å². The normalized spacial score (nSPS) is 16.9. The molecule has 1 aliphatic rings. The van der Waals surface area contributed by atoms with Crippen molar-refractivity contribution in [2.75, 3.05) is 20.3 Å². The SMILES string of the molecule is CCNC(CCCOc1ccc(OC)cc1)C1CCCC1. The summed E-state index contributed by atoms with van der Waals surface area (Å²) in [6, 6.07) is 8.50. The van der Waals surface area contributed by atoms with Crippen molar-refractivity contribution < 1.29 is 9.47 Å². The molecule has 1 atom stereocenters. The average molecular weight is 291 g/mol. The van der Waals surface area contributed by atoms with Gasteiger partial charge in [-0.25, -0.2) is 0 Å². The first-order chi connectivity index (χ1) is 10.3. The molecular formula is C18H29NO2. The van der Waals surface area contributed by atoms with Crippen molar-refractivity contribution in [3.05, 3.63) is 24.3 Å². The Bertz CT molecular complexity index is 385. The van der Waals surface area contributed by atoms with Gasteiger partial charge in [-0.15, -0.1) is 0 Å². The number of hydrogen-bond donors (Lipinski definition) is 1. The fourth-order valence-electron chi connectivity index (χ4n) is 3.29. The van der Waals surface area contributed by atoms with Crippen LogP contribution in [0.4, 0.5) is 0 Å². The zero-order valence-corrected chi connectivity index (χ0v) is 13.4. The molecule has 21 heavy (non-hydrogen) atoms. The molecular weight excluding hydrogens is 262 g/mol. The molecule has 0 heterocycles. The molecule has 0 aromatic heterocycles. The van der Waals surface area contributed by atoms with E-state index >= 15 is 0 Å². The fraction of sp³-hybridized carbons (Fsp3) is 0.667. The molecule has 1 aromatic rings. The quantitative estimate of drug-likeness (QED) is 0.697. The lowest BCUT2D eigenvalue weighted by molar-refractivity contribution is 0.273. The van der Waals surface area contributed by atoms with Crippen LogP contribution in [0.2, 0.25) is 0 Å². The highest BCUT2D eigenvalue weighted by Crippen LogP contribution is 2.29. The molecule has 0 radical (unpaired) electrons. The molecule has 1 fully saturated rings. The molecule has 118 valence electrons. The first kappa shape index (κ1) is 16.2. The summed E-state index contributed by atoms with van der Waals surface area (Å²) in [6.45, 7) is 4.07. The van der Waals surface area contributed by atoms with E-state index in [2.05, 4.69) is 12.2 Å². The third-order valence-electron chi connectivity index (χ3n) is 4.42. The van der Waals surface area contributed by atoms with Gasteiger partial charge in [-0.05, 0) is 62.4 Å². The molecule has 0 spiro atoms. The maximum atomic E-state index is 5.81. The Morgan fingerprint density at radius 1 is 1.14 bits per heavy atom. The van der Waals surface area contributed by atoms with Gasteiger partial charge >= 0.3 is 0 Å². The summed E-state index contributed by atoms with van der Waals surface area (Å²) in [6.07, 6.45) is 7.95. The number of hydrogen-bond acceptors (Lipinski definition) is 3. The second-order valence-corrected chi connectivity index (χ2v) is 5.87. The number of benzene rings is 1. The van der Waals surface area contributed by atoms with Crippen molar-refractivity contribution in [2.45, 2.75) is 51.5 Å². The Kier molecular flexibility index (Phi) is 6.87.